The predicted molar refractivity (Wildman–Crippen MR) is 71.6 cm³/mol. The average Bonchev–Trinajstić information content (AvgIpc) is 2.36. The predicted octanol–water partition coefficient (Wildman–Crippen LogP) is 1.34. The normalized spacial score (nSPS) is 11.9. The van der Waals surface area contributed by atoms with E-state index in [0.29, 0.717) is 19.7 Å². The Bertz CT molecular complexity index is 382. The smallest absolute Gasteiger partial charge is 0.248 e. The molecule has 18 heavy (non-hydrogen) atoms. The van der Waals surface area contributed by atoms with Gasteiger partial charge in [-0.25, -0.2) is 4.98 Å². The third-order valence-corrected chi connectivity index (χ3v) is 2.51. The van der Waals surface area contributed by atoms with Crippen LogP contribution in [0, 0.1) is 6.92 Å². The van der Waals surface area contributed by atoms with Gasteiger partial charge in [0.15, 0.2) is 0 Å². The zero-order valence-electron chi connectivity index (χ0n) is 11.2. The Morgan fingerprint density at radius 2 is 2.28 bits per heavy atom. The first kappa shape index (κ1) is 14.4. The SMILES string of the molecule is CCO[C@H](C)C(=O)NCCNc1ncccc1C. The van der Waals surface area contributed by atoms with Gasteiger partial charge in [0.05, 0.1) is 0 Å². The van der Waals surface area contributed by atoms with Crippen molar-refractivity contribution >= 4 is 11.7 Å². The van der Waals surface area contributed by atoms with Gasteiger partial charge in [0.2, 0.25) is 5.91 Å². The lowest BCUT2D eigenvalue weighted by molar-refractivity contribution is -0.131. The van der Waals surface area contributed by atoms with Crippen LogP contribution in [0.2, 0.25) is 0 Å². The van der Waals surface area contributed by atoms with Crippen molar-refractivity contribution in [1.29, 1.82) is 0 Å². The molecule has 5 nitrogen and oxygen atoms in total. The Balaban J connectivity index is 2.23. The van der Waals surface area contributed by atoms with Gasteiger partial charge in [-0.15, -0.1) is 0 Å². The summed E-state index contributed by atoms with van der Waals surface area (Å²) >= 11 is 0. The van der Waals surface area contributed by atoms with Crippen molar-refractivity contribution in [3.63, 3.8) is 0 Å². The van der Waals surface area contributed by atoms with E-state index in [4.69, 9.17) is 4.74 Å². The molecule has 1 rings (SSSR count). The van der Waals surface area contributed by atoms with Crippen LogP contribution in [0.25, 0.3) is 0 Å². The molecule has 0 saturated heterocycles. The van der Waals surface area contributed by atoms with Gasteiger partial charge >= 0.3 is 0 Å². The number of hydrogen-bond donors (Lipinski definition) is 2. The summed E-state index contributed by atoms with van der Waals surface area (Å²) in [6.45, 7) is 7.34. The molecule has 1 aromatic heterocycles. The molecule has 1 heterocycles. The number of nitrogens with zero attached hydrogens (tertiary/aromatic N) is 1. The molecular formula is C13H21N3O2. The van der Waals surface area contributed by atoms with Crippen LogP contribution in [0.3, 0.4) is 0 Å². The number of aryl methyl sites for hydroxylation is 1. The molecule has 0 bridgehead atoms. The molecule has 0 spiro atoms. The molecule has 1 amide bonds. The molecule has 100 valence electrons. The van der Waals surface area contributed by atoms with Crippen LogP contribution in [-0.2, 0) is 9.53 Å². The molecule has 2 N–H and O–H groups in total. The zero-order chi connectivity index (χ0) is 13.4. The number of ether oxygens (including phenoxy) is 1. The first-order chi connectivity index (χ1) is 8.65. The van der Waals surface area contributed by atoms with Gasteiger partial charge in [-0.05, 0) is 32.4 Å². The van der Waals surface area contributed by atoms with E-state index >= 15 is 0 Å². The molecule has 0 radical (unpaired) electrons. The van der Waals surface area contributed by atoms with E-state index in [1.165, 1.54) is 0 Å². The third kappa shape index (κ3) is 4.71. The van der Waals surface area contributed by atoms with Gasteiger partial charge in [0.1, 0.15) is 11.9 Å². The summed E-state index contributed by atoms with van der Waals surface area (Å²) in [5, 5.41) is 5.98. The minimum Gasteiger partial charge on any atom is -0.369 e. The monoisotopic (exact) mass is 251 g/mol. The Morgan fingerprint density at radius 3 is 2.94 bits per heavy atom. The topological polar surface area (TPSA) is 63.2 Å². The van der Waals surface area contributed by atoms with Crippen LogP contribution in [0.15, 0.2) is 18.3 Å². The van der Waals surface area contributed by atoms with Crippen molar-refractivity contribution in [3.05, 3.63) is 23.9 Å². The molecule has 0 fully saturated rings. The summed E-state index contributed by atoms with van der Waals surface area (Å²) in [4.78, 5) is 15.7. The van der Waals surface area contributed by atoms with Crippen LogP contribution >= 0.6 is 0 Å². The molecule has 0 aliphatic carbocycles. The van der Waals surface area contributed by atoms with Gasteiger partial charge in [-0.3, -0.25) is 4.79 Å². The summed E-state index contributed by atoms with van der Waals surface area (Å²) in [6, 6.07) is 3.89. The van der Waals surface area contributed by atoms with Crippen molar-refractivity contribution in [2.75, 3.05) is 25.0 Å². The zero-order valence-corrected chi connectivity index (χ0v) is 11.2. The fraction of sp³-hybridized carbons (Fsp3) is 0.538. The number of nitrogens with one attached hydrogen (secondary N) is 2. The minimum absolute atomic E-state index is 0.0867. The molecule has 0 unspecified atom stereocenters. The molecule has 0 aromatic carbocycles. The van der Waals surface area contributed by atoms with E-state index in [2.05, 4.69) is 15.6 Å². The van der Waals surface area contributed by atoms with Crippen molar-refractivity contribution in [1.82, 2.24) is 10.3 Å². The number of carbonyl (C=O) groups is 1. The lowest BCUT2D eigenvalue weighted by atomic mass is 10.3. The van der Waals surface area contributed by atoms with E-state index in [1.807, 2.05) is 26.0 Å². The van der Waals surface area contributed by atoms with Crippen molar-refractivity contribution in [3.8, 4) is 0 Å². The van der Waals surface area contributed by atoms with E-state index in [9.17, 15) is 4.79 Å². The molecule has 1 aromatic rings. The summed E-state index contributed by atoms with van der Waals surface area (Å²) in [7, 11) is 0. The first-order valence-electron chi connectivity index (χ1n) is 6.20. The highest BCUT2D eigenvalue weighted by Crippen LogP contribution is 2.07. The van der Waals surface area contributed by atoms with E-state index in [-0.39, 0.29) is 5.91 Å². The van der Waals surface area contributed by atoms with Crippen molar-refractivity contribution < 1.29 is 9.53 Å². The Labute approximate surface area is 108 Å². The van der Waals surface area contributed by atoms with Crippen LogP contribution in [-0.4, -0.2) is 36.7 Å². The number of carbonyl (C=O) groups excluding carboxylic acids is 1. The molecule has 0 aliphatic rings. The molecule has 0 aliphatic heterocycles. The number of rotatable bonds is 7. The van der Waals surface area contributed by atoms with Gasteiger partial charge in [-0.2, -0.15) is 0 Å². The first-order valence-corrected chi connectivity index (χ1v) is 6.20. The number of anilines is 1. The van der Waals surface area contributed by atoms with Crippen LogP contribution in [0.4, 0.5) is 5.82 Å². The highest BCUT2D eigenvalue weighted by atomic mass is 16.5. The Kier molecular flexibility index (Phi) is 6.14. The maximum atomic E-state index is 11.5. The fourth-order valence-corrected chi connectivity index (χ4v) is 1.51. The third-order valence-electron chi connectivity index (χ3n) is 2.51. The van der Waals surface area contributed by atoms with Crippen LogP contribution in [0.1, 0.15) is 19.4 Å². The lowest BCUT2D eigenvalue weighted by Crippen LogP contribution is -2.37. The Morgan fingerprint density at radius 1 is 1.50 bits per heavy atom. The summed E-state index contributed by atoms with van der Waals surface area (Å²) in [6.07, 6.45) is 1.34. The Hall–Kier alpha value is -1.62. The molecular weight excluding hydrogens is 230 g/mol. The van der Waals surface area contributed by atoms with Crippen LogP contribution in [0.5, 0.6) is 0 Å². The van der Waals surface area contributed by atoms with Crippen molar-refractivity contribution in [2.45, 2.75) is 26.9 Å². The van der Waals surface area contributed by atoms with Crippen molar-refractivity contribution in [2.24, 2.45) is 0 Å². The second kappa shape index (κ2) is 7.66. The highest BCUT2D eigenvalue weighted by Gasteiger charge is 2.10. The second-order valence-corrected chi connectivity index (χ2v) is 3.98. The lowest BCUT2D eigenvalue weighted by Gasteiger charge is -2.13. The summed E-state index contributed by atoms with van der Waals surface area (Å²) in [5.74, 6) is 0.765. The fourth-order valence-electron chi connectivity index (χ4n) is 1.51. The molecule has 1 atom stereocenters. The summed E-state index contributed by atoms with van der Waals surface area (Å²) < 4.78 is 5.19. The van der Waals surface area contributed by atoms with Gasteiger partial charge in [-0.1, -0.05) is 6.07 Å². The van der Waals surface area contributed by atoms with E-state index in [1.54, 1.807) is 13.1 Å². The van der Waals surface area contributed by atoms with Gasteiger partial charge in [0, 0.05) is 25.9 Å². The number of hydrogen-bond acceptors (Lipinski definition) is 4. The van der Waals surface area contributed by atoms with E-state index in [0.717, 1.165) is 11.4 Å². The van der Waals surface area contributed by atoms with Gasteiger partial charge in [0.25, 0.3) is 0 Å². The maximum absolute atomic E-state index is 11.5. The number of aromatic nitrogens is 1. The maximum Gasteiger partial charge on any atom is 0.248 e. The molecule has 5 heteroatoms. The number of amides is 1. The quantitative estimate of drug-likeness (QED) is 0.718. The van der Waals surface area contributed by atoms with E-state index < -0.39 is 6.10 Å². The minimum atomic E-state index is -0.397. The van der Waals surface area contributed by atoms with Crippen LogP contribution < -0.4 is 10.6 Å². The average molecular weight is 251 g/mol. The second-order valence-electron chi connectivity index (χ2n) is 3.98. The largest absolute Gasteiger partial charge is 0.369 e. The molecule has 0 saturated carbocycles. The standard InChI is InChI=1S/C13H21N3O2/c1-4-18-11(3)13(17)16-9-8-15-12-10(2)6-5-7-14-12/h5-7,11H,4,8-9H2,1-3H3,(H,14,15)(H,16,17)/t11-/m1/s1. The highest BCUT2D eigenvalue weighted by molar-refractivity contribution is 5.80. The summed E-state index contributed by atoms with van der Waals surface area (Å²) in [5.41, 5.74) is 1.09. The van der Waals surface area contributed by atoms with Gasteiger partial charge < -0.3 is 15.4 Å². The number of pyridine rings is 1.